The van der Waals surface area contributed by atoms with Crippen molar-refractivity contribution in [2.24, 2.45) is 0 Å². The van der Waals surface area contributed by atoms with Crippen LogP contribution in [0.25, 0.3) is 10.9 Å². The first kappa shape index (κ1) is 21.8. The van der Waals surface area contributed by atoms with Gasteiger partial charge in [0.2, 0.25) is 0 Å². The fraction of sp³-hybridized carbons (Fsp3) is 0.435. The van der Waals surface area contributed by atoms with Crippen LogP contribution in [0, 0.1) is 0 Å². The SMILES string of the molecule is COC1CN(c2cc3c4nc(nc3cn2)CCOCc2c(cccc2C(F)(F)F)C(C)N4)C1. The summed E-state index contributed by atoms with van der Waals surface area (Å²) in [6, 6.07) is 5.71. The van der Waals surface area contributed by atoms with Crippen molar-refractivity contribution in [3.63, 3.8) is 0 Å². The molecule has 0 spiro atoms. The second kappa shape index (κ2) is 8.42. The predicted octanol–water partition coefficient (Wildman–Crippen LogP) is 4.12. The van der Waals surface area contributed by atoms with Crippen LogP contribution in [-0.4, -0.2) is 47.9 Å². The Bertz CT molecular complexity index is 1180. The lowest BCUT2D eigenvalue weighted by Gasteiger charge is -2.39. The van der Waals surface area contributed by atoms with Crippen LogP contribution in [0.2, 0.25) is 0 Å². The molecular formula is C23H24F3N5O2. The molecule has 2 aliphatic heterocycles. The number of pyridine rings is 1. The first-order chi connectivity index (χ1) is 15.8. The monoisotopic (exact) mass is 459 g/mol. The molecule has 4 heterocycles. The summed E-state index contributed by atoms with van der Waals surface area (Å²) in [5, 5.41) is 4.10. The molecule has 2 aliphatic rings. The van der Waals surface area contributed by atoms with E-state index in [1.54, 1.807) is 19.4 Å². The molecule has 10 heteroatoms. The molecule has 3 aromatic rings. The number of aromatic nitrogens is 3. The molecule has 7 nitrogen and oxygen atoms in total. The summed E-state index contributed by atoms with van der Waals surface area (Å²) in [5.74, 6) is 1.91. The number of ether oxygens (including phenoxy) is 2. The molecule has 33 heavy (non-hydrogen) atoms. The van der Waals surface area contributed by atoms with Gasteiger partial charge in [-0.2, -0.15) is 13.2 Å². The van der Waals surface area contributed by atoms with Gasteiger partial charge in [-0.3, -0.25) is 0 Å². The number of anilines is 2. The van der Waals surface area contributed by atoms with Crippen LogP contribution in [0.1, 0.15) is 35.5 Å². The standard InChI is InChI=1S/C23H24F3N5O2/c1-13-15-4-3-5-18(23(24,25)26)17(15)12-33-7-6-20-29-19-9-27-21(31-10-14(11-31)32-2)8-16(19)22(28-13)30-20/h3-5,8-9,13-14H,6-7,10-12H2,1-2H3,(H,28,29,30). The van der Waals surface area contributed by atoms with Crippen LogP contribution in [0.15, 0.2) is 30.5 Å². The van der Waals surface area contributed by atoms with E-state index in [0.717, 1.165) is 30.4 Å². The number of hydrogen-bond donors (Lipinski definition) is 1. The molecule has 2 bridgehead atoms. The number of benzene rings is 1. The highest BCUT2D eigenvalue weighted by Gasteiger charge is 2.35. The van der Waals surface area contributed by atoms with Crippen molar-refractivity contribution in [1.82, 2.24) is 15.0 Å². The van der Waals surface area contributed by atoms with Gasteiger partial charge in [-0.25, -0.2) is 15.0 Å². The lowest BCUT2D eigenvalue weighted by molar-refractivity contribution is -0.139. The normalized spacial score (nSPS) is 19.4. The molecule has 1 aromatic carbocycles. The van der Waals surface area contributed by atoms with E-state index in [9.17, 15) is 13.2 Å². The summed E-state index contributed by atoms with van der Waals surface area (Å²) in [7, 11) is 1.69. The van der Waals surface area contributed by atoms with Crippen molar-refractivity contribution in [1.29, 1.82) is 0 Å². The maximum Gasteiger partial charge on any atom is 0.416 e. The maximum absolute atomic E-state index is 13.7. The maximum atomic E-state index is 13.7. The van der Waals surface area contributed by atoms with Crippen LogP contribution in [-0.2, 0) is 28.7 Å². The molecule has 174 valence electrons. The van der Waals surface area contributed by atoms with Crippen LogP contribution in [0.5, 0.6) is 0 Å². The van der Waals surface area contributed by atoms with Crippen LogP contribution >= 0.6 is 0 Å². The molecule has 2 aromatic heterocycles. The van der Waals surface area contributed by atoms with Gasteiger partial charge in [-0.1, -0.05) is 12.1 Å². The largest absolute Gasteiger partial charge is 0.416 e. The number of alkyl halides is 3. The smallest absolute Gasteiger partial charge is 0.378 e. The Balaban J connectivity index is 1.56. The molecule has 0 amide bonds. The van der Waals surface area contributed by atoms with Gasteiger partial charge in [-0.05, 0) is 30.2 Å². The Morgan fingerprint density at radius 3 is 2.79 bits per heavy atom. The third-order valence-electron chi connectivity index (χ3n) is 6.17. The minimum atomic E-state index is -4.46. The van der Waals surface area contributed by atoms with Gasteiger partial charge in [0.05, 0.1) is 42.6 Å². The minimum Gasteiger partial charge on any atom is -0.378 e. The zero-order valence-corrected chi connectivity index (χ0v) is 18.3. The van der Waals surface area contributed by atoms with Gasteiger partial charge < -0.3 is 19.7 Å². The van der Waals surface area contributed by atoms with Crippen LogP contribution in [0.3, 0.4) is 0 Å². The Morgan fingerprint density at radius 1 is 1.21 bits per heavy atom. The summed E-state index contributed by atoms with van der Waals surface area (Å²) >= 11 is 0. The van der Waals surface area contributed by atoms with Crippen molar-refractivity contribution in [3.05, 3.63) is 53.0 Å². The first-order valence-corrected chi connectivity index (χ1v) is 10.8. The van der Waals surface area contributed by atoms with E-state index in [2.05, 4.69) is 25.2 Å². The number of fused-ring (bicyclic) bond motifs is 5. The van der Waals surface area contributed by atoms with E-state index in [0.29, 0.717) is 29.1 Å². The van der Waals surface area contributed by atoms with Gasteiger partial charge in [0.1, 0.15) is 17.5 Å². The highest BCUT2D eigenvalue weighted by Crippen LogP contribution is 2.37. The molecule has 5 rings (SSSR count). The molecule has 1 unspecified atom stereocenters. The topological polar surface area (TPSA) is 72.4 Å². The zero-order valence-electron chi connectivity index (χ0n) is 18.3. The van der Waals surface area contributed by atoms with Gasteiger partial charge in [-0.15, -0.1) is 0 Å². The zero-order chi connectivity index (χ0) is 23.2. The fourth-order valence-corrected chi connectivity index (χ4v) is 4.30. The average molecular weight is 459 g/mol. The number of nitrogens with zero attached hydrogens (tertiary/aromatic N) is 4. The number of rotatable bonds is 2. The first-order valence-electron chi connectivity index (χ1n) is 10.8. The number of methoxy groups -OCH3 is 1. The molecule has 1 N–H and O–H groups in total. The second-order valence-electron chi connectivity index (χ2n) is 8.35. The van der Waals surface area contributed by atoms with Crippen LogP contribution in [0.4, 0.5) is 24.8 Å². The highest BCUT2D eigenvalue weighted by molar-refractivity contribution is 5.90. The van der Waals surface area contributed by atoms with Crippen LogP contribution < -0.4 is 10.2 Å². The van der Waals surface area contributed by atoms with E-state index in [-0.39, 0.29) is 24.9 Å². The molecule has 1 fully saturated rings. The number of halogens is 3. The Kier molecular flexibility index (Phi) is 5.57. The van der Waals surface area contributed by atoms with Gasteiger partial charge in [0, 0.05) is 32.0 Å². The van der Waals surface area contributed by atoms with Crippen molar-refractivity contribution in [3.8, 4) is 0 Å². The molecule has 1 atom stereocenters. The van der Waals surface area contributed by atoms with E-state index in [1.807, 2.05) is 13.0 Å². The van der Waals surface area contributed by atoms with E-state index in [1.165, 1.54) is 6.07 Å². The van der Waals surface area contributed by atoms with E-state index >= 15 is 0 Å². The molecule has 0 radical (unpaired) electrons. The summed E-state index contributed by atoms with van der Waals surface area (Å²) in [6.07, 6.45) is -2.19. The van der Waals surface area contributed by atoms with Gasteiger partial charge >= 0.3 is 6.18 Å². The molecule has 0 saturated carbocycles. The minimum absolute atomic E-state index is 0.131. The van der Waals surface area contributed by atoms with Crippen molar-refractivity contribution in [2.45, 2.75) is 38.3 Å². The van der Waals surface area contributed by atoms with Crippen molar-refractivity contribution >= 4 is 22.5 Å². The molecular weight excluding hydrogens is 435 g/mol. The Hall–Kier alpha value is -2.98. The molecule has 0 aliphatic carbocycles. The summed E-state index contributed by atoms with van der Waals surface area (Å²) < 4.78 is 52.0. The highest BCUT2D eigenvalue weighted by atomic mass is 19.4. The lowest BCUT2D eigenvalue weighted by Crippen LogP contribution is -2.52. The predicted molar refractivity (Wildman–Crippen MR) is 117 cm³/mol. The lowest BCUT2D eigenvalue weighted by atomic mass is 9.96. The number of nitrogens with one attached hydrogen (secondary N) is 1. The molecule has 1 saturated heterocycles. The fourth-order valence-electron chi connectivity index (χ4n) is 4.30. The van der Waals surface area contributed by atoms with Crippen molar-refractivity contribution < 1.29 is 22.6 Å². The quantitative estimate of drug-likeness (QED) is 0.618. The van der Waals surface area contributed by atoms with Crippen molar-refractivity contribution in [2.75, 3.05) is 37.0 Å². The number of hydrogen-bond acceptors (Lipinski definition) is 7. The Morgan fingerprint density at radius 2 is 2.03 bits per heavy atom. The van der Waals surface area contributed by atoms with E-state index in [4.69, 9.17) is 9.47 Å². The average Bonchev–Trinajstić information content (AvgIpc) is 2.77. The third-order valence-corrected chi connectivity index (χ3v) is 6.17. The second-order valence-corrected chi connectivity index (χ2v) is 8.35. The summed E-state index contributed by atoms with van der Waals surface area (Å²) in [6.45, 7) is 3.40. The summed E-state index contributed by atoms with van der Waals surface area (Å²) in [4.78, 5) is 15.9. The van der Waals surface area contributed by atoms with Gasteiger partial charge in [0.25, 0.3) is 0 Å². The summed E-state index contributed by atoms with van der Waals surface area (Å²) in [5.41, 5.74) is 0.670. The Labute approximate surface area is 189 Å². The third kappa shape index (κ3) is 4.20. The van der Waals surface area contributed by atoms with Gasteiger partial charge in [0.15, 0.2) is 0 Å². The van der Waals surface area contributed by atoms with E-state index < -0.39 is 17.8 Å².